The van der Waals surface area contributed by atoms with Crippen molar-refractivity contribution in [2.24, 2.45) is 17.8 Å². The van der Waals surface area contributed by atoms with E-state index in [1.165, 1.54) is 50.6 Å². The van der Waals surface area contributed by atoms with Crippen LogP contribution in [0.15, 0.2) is 43.0 Å². The molecule has 0 saturated heterocycles. The van der Waals surface area contributed by atoms with Crippen molar-refractivity contribution in [3.8, 4) is 0 Å². The standard InChI is InChI=1S/C48H80N6O10/c1-16-17-18-19-23-26-39(55)52(12)41(33(2)3)47(60)54(14)43(35(6)7)48(61)53(13)42(34(4)5)46(59)50(10)36(8)44(57)51(11)38(31-37-24-21-20-22-25-37)45(58)49(9)27-28-63-29-30-64-32-40(56)62-15/h16,20-22,24-25,33-36,38,41-43H,1,17-19,23,26-32H2,2-15H3/t36-,38-,41-,42-,43-/m0/s1. The van der Waals surface area contributed by atoms with Crippen molar-refractivity contribution < 1.29 is 47.8 Å². The molecule has 16 nitrogen and oxygen atoms in total. The topological polar surface area (TPSA) is 167 Å². The van der Waals surface area contributed by atoms with Crippen LogP contribution in [0.1, 0.15) is 86.1 Å². The molecule has 16 heteroatoms. The van der Waals surface area contributed by atoms with Crippen molar-refractivity contribution in [2.75, 3.05) is 82.4 Å². The number of likely N-dealkylation sites (N-methyl/N-ethyl adjacent to an activating group) is 6. The summed E-state index contributed by atoms with van der Waals surface area (Å²) in [5.74, 6) is -3.73. The van der Waals surface area contributed by atoms with Gasteiger partial charge in [0.25, 0.3) is 0 Å². The first-order chi connectivity index (χ1) is 30.1. The van der Waals surface area contributed by atoms with Crippen molar-refractivity contribution in [1.82, 2.24) is 29.4 Å². The third kappa shape index (κ3) is 17.3. The van der Waals surface area contributed by atoms with Gasteiger partial charge in [-0.15, -0.1) is 6.58 Å². The number of amides is 6. The van der Waals surface area contributed by atoms with E-state index >= 15 is 0 Å². The predicted octanol–water partition coefficient (Wildman–Crippen LogP) is 4.15. The molecule has 1 aromatic carbocycles. The second-order valence-corrected chi connectivity index (χ2v) is 17.6. The zero-order valence-corrected chi connectivity index (χ0v) is 41.3. The van der Waals surface area contributed by atoms with Gasteiger partial charge in [-0.2, -0.15) is 0 Å². The van der Waals surface area contributed by atoms with Crippen LogP contribution in [0.25, 0.3) is 0 Å². The number of hydrogen-bond donors (Lipinski definition) is 0. The summed E-state index contributed by atoms with van der Waals surface area (Å²) < 4.78 is 15.3. The SMILES string of the molecule is C=CCCCCCC(=O)N(C)[C@H](C(=O)N(C)[C@H](C(=O)N(C)[C@H](C(=O)N(C)[C@@H](C)C(=O)N(C)[C@@H](Cc1ccccc1)C(=O)N(C)CCOCCOCC(=O)OC)C(C)C)C(C)C)C(C)C. The predicted molar refractivity (Wildman–Crippen MR) is 248 cm³/mol. The molecule has 6 amide bonds. The first kappa shape index (κ1) is 57.2. The van der Waals surface area contributed by atoms with Crippen LogP contribution in [0.4, 0.5) is 0 Å². The number of carbonyl (C=O) groups is 7. The van der Waals surface area contributed by atoms with Crippen LogP contribution in [0.2, 0.25) is 0 Å². The van der Waals surface area contributed by atoms with Crippen LogP contribution in [0, 0.1) is 17.8 Å². The Kier molecular flexibility index (Phi) is 25.8. The van der Waals surface area contributed by atoms with Crippen LogP contribution < -0.4 is 0 Å². The number of ether oxygens (including phenoxy) is 3. The van der Waals surface area contributed by atoms with E-state index in [2.05, 4.69) is 11.3 Å². The van der Waals surface area contributed by atoms with Crippen LogP contribution >= 0.6 is 0 Å². The molecule has 0 spiro atoms. The molecule has 0 unspecified atom stereocenters. The Hall–Kier alpha value is -4.83. The van der Waals surface area contributed by atoms with Gasteiger partial charge in [0.05, 0.1) is 26.9 Å². The number of carbonyl (C=O) groups excluding carboxylic acids is 7. The number of rotatable bonds is 29. The second kappa shape index (κ2) is 28.9. The Balaban J connectivity index is 3.28. The molecule has 0 N–H and O–H groups in total. The first-order valence-electron chi connectivity index (χ1n) is 22.5. The van der Waals surface area contributed by atoms with E-state index in [0.29, 0.717) is 12.8 Å². The molecule has 0 radical (unpaired) electrons. The lowest BCUT2D eigenvalue weighted by Crippen LogP contribution is -2.61. The Bertz CT molecular complexity index is 1660. The lowest BCUT2D eigenvalue weighted by atomic mass is 9.94. The van der Waals surface area contributed by atoms with Gasteiger partial charge in [-0.1, -0.05) is 84.4 Å². The van der Waals surface area contributed by atoms with Crippen molar-refractivity contribution in [3.63, 3.8) is 0 Å². The fraction of sp³-hybridized carbons (Fsp3) is 0.688. The zero-order valence-electron chi connectivity index (χ0n) is 41.3. The normalized spacial score (nSPS) is 13.6. The van der Waals surface area contributed by atoms with Gasteiger partial charge < -0.3 is 43.6 Å². The zero-order chi connectivity index (χ0) is 48.8. The van der Waals surface area contributed by atoms with Gasteiger partial charge in [0, 0.05) is 61.7 Å². The third-order valence-electron chi connectivity index (χ3n) is 11.7. The summed E-state index contributed by atoms with van der Waals surface area (Å²) in [7, 11) is 10.7. The molecule has 0 aromatic heterocycles. The van der Waals surface area contributed by atoms with Gasteiger partial charge in [-0.25, -0.2) is 4.79 Å². The lowest BCUT2D eigenvalue weighted by Gasteiger charge is -2.41. The molecule has 1 rings (SSSR count). The molecule has 64 heavy (non-hydrogen) atoms. The van der Waals surface area contributed by atoms with Crippen molar-refractivity contribution in [2.45, 2.75) is 117 Å². The summed E-state index contributed by atoms with van der Waals surface area (Å²) in [6.45, 7) is 16.9. The molecule has 0 aliphatic carbocycles. The summed E-state index contributed by atoms with van der Waals surface area (Å²) in [6.07, 6.45) is 5.77. The van der Waals surface area contributed by atoms with Gasteiger partial charge in [-0.3, -0.25) is 28.8 Å². The van der Waals surface area contributed by atoms with Gasteiger partial charge in [0.2, 0.25) is 35.4 Å². The van der Waals surface area contributed by atoms with Crippen LogP contribution in [-0.2, 0) is 54.2 Å². The fourth-order valence-corrected chi connectivity index (χ4v) is 7.70. The van der Waals surface area contributed by atoms with E-state index in [1.807, 2.05) is 78.0 Å². The molecule has 1 aromatic rings. The molecule has 0 aliphatic rings. The Morgan fingerprint density at radius 3 is 1.59 bits per heavy atom. The first-order valence-corrected chi connectivity index (χ1v) is 22.5. The molecule has 362 valence electrons. The summed E-state index contributed by atoms with van der Waals surface area (Å²) in [4.78, 5) is 105. The quantitative estimate of drug-likeness (QED) is 0.0648. The molecular formula is C48H80N6O10. The number of esters is 1. The largest absolute Gasteiger partial charge is 0.467 e. The van der Waals surface area contributed by atoms with E-state index in [1.54, 1.807) is 35.1 Å². The van der Waals surface area contributed by atoms with E-state index in [0.717, 1.165) is 24.8 Å². The highest BCUT2D eigenvalue weighted by atomic mass is 16.6. The van der Waals surface area contributed by atoms with E-state index < -0.39 is 53.9 Å². The number of allylic oxidation sites excluding steroid dienone is 1. The Morgan fingerprint density at radius 2 is 1.09 bits per heavy atom. The van der Waals surface area contributed by atoms with Gasteiger partial charge in [0.1, 0.15) is 36.8 Å². The monoisotopic (exact) mass is 901 g/mol. The van der Waals surface area contributed by atoms with Crippen LogP contribution in [-0.4, -0.2) is 183 Å². The minimum Gasteiger partial charge on any atom is -0.467 e. The smallest absolute Gasteiger partial charge is 0.331 e. The van der Waals surface area contributed by atoms with E-state index in [-0.39, 0.29) is 74.9 Å². The molecule has 0 saturated carbocycles. The van der Waals surface area contributed by atoms with Crippen LogP contribution in [0.5, 0.6) is 0 Å². The summed E-state index contributed by atoms with van der Waals surface area (Å²) in [5, 5.41) is 0. The highest BCUT2D eigenvalue weighted by molar-refractivity contribution is 5.96. The third-order valence-corrected chi connectivity index (χ3v) is 11.7. The van der Waals surface area contributed by atoms with Crippen molar-refractivity contribution in [3.05, 3.63) is 48.6 Å². The highest BCUT2D eigenvalue weighted by Gasteiger charge is 2.43. The Labute approximate surface area is 383 Å². The van der Waals surface area contributed by atoms with Crippen LogP contribution in [0.3, 0.4) is 0 Å². The maximum absolute atomic E-state index is 14.5. The second-order valence-electron chi connectivity index (χ2n) is 17.6. The average molecular weight is 901 g/mol. The number of hydrogen-bond acceptors (Lipinski definition) is 10. The summed E-state index contributed by atoms with van der Waals surface area (Å²) in [6, 6.07) is 4.59. The minimum absolute atomic E-state index is 0.142. The number of nitrogens with zero attached hydrogens (tertiary/aromatic N) is 6. The minimum atomic E-state index is -1.03. The number of methoxy groups -OCH3 is 1. The van der Waals surface area contributed by atoms with Gasteiger partial charge in [-0.05, 0) is 49.5 Å². The van der Waals surface area contributed by atoms with E-state index in [4.69, 9.17) is 9.47 Å². The molecular weight excluding hydrogens is 821 g/mol. The Morgan fingerprint density at radius 1 is 0.594 bits per heavy atom. The fourth-order valence-electron chi connectivity index (χ4n) is 7.70. The van der Waals surface area contributed by atoms with E-state index in [9.17, 15) is 33.6 Å². The number of unbranched alkanes of at least 4 members (excludes halogenated alkanes) is 3. The maximum Gasteiger partial charge on any atom is 0.331 e. The average Bonchev–Trinajstić information content (AvgIpc) is 3.25. The van der Waals surface area contributed by atoms with Crippen molar-refractivity contribution >= 4 is 41.4 Å². The highest BCUT2D eigenvalue weighted by Crippen LogP contribution is 2.23. The molecule has 0 fully saturated rings. The lowest BCUT2D eigenvalue weighted by molar-refractivity contribution is -0.157. The summed E-state index contributed by atoms with van der Waals surface area (Å²) in [5.41, 5.74) is 0.834. The van der Waals surface area contributed by atoms with Gasteiger partial charge >= 0.3 is 5.97 Å². The summed E-state index contributed by atoms with van der Waals surface area (Å²) >= 11 is 0. The van der Waals surface area contributed by atoms with Gasteiger partial charge in [0.15, 0.2) is 0 Å². The van der Waals surface area contributed by atoms with Crippen molar-refractivity contribution in [1.29, 1.82) is 0 Å². The molecule has 5 atom stereocenters. The molecule has 0 heterocycles. The molecule has 0 aliphatic heterocycles. The molecule has 0 bridgehead atoms. The maximum atomic E-state index is 14.5. The number of benzene rings is 1.